The molecule has 1 aliphatic rings. The summed E-state index contributed by atoms with van der Waals surface area (Å²) in [4.78, 5) is 2.69. The third kappa shape index (κ3) is 2.96. The van der Waals surface area contributed by atoms with Gasteiger partial charge in [0.2, 0.25) is 0 Å². The topological polar surface area (TPSA) is 15.3 Å². The fraction of sp³-hybridized carbons (Fsp3) is 1.00. The van der Waals surface area contributed by atoms with Crippen molar-refractivity contribution < 1.29 is 0 Å². The van der Waals surface area contributed by atoms with E-state index in [1.807, 2.05) is 0 Å². The fourth-order valence-electron chi connectivity index (χ4n) is 2.70. The predicted octanol–water partition coefficient (Wildman–Crippen LogP) is 2.10. The molecule has 0 spiro atoms. The van der Waals surface area contributed by atoms with Crippen LogP contribution >= 0.6 is 0 Å². The first kappa shape index (κ1) is 12.0. The summed E-state index contributed by atoms with van der Waals surface area (Å²) in [5.74, 6) is 0.924. The molecular formula is C12H26N2. The molecule has 2 heteroatoms. The summed E-state index contributed by atoms with van der Waals surface area (Å²) in [5.41, 5.74) is 0. The second-order valence-electron chi connectivity index (χ2n) is 4.84. The Morgan fingerprint density at radius 1 is 1.43 bits per heavy atom. The van der Waals surface area contributed by atoms with E-state index >= 15 is 0 Å². The summed E-state index contributed by atoms with van der Waals surface area (Å²) < 4.78 is 0. The molecule has 0 aliphatic carbocycles. The maximum Gasteiger partial charge on any atom is 0.0220 e. The van der Waals surface area contributed by atoms with Crippen LogP contribution in [0.1, 0.15) is 40.0 Å². The zero-order chi connectivity index (χ0) is 10.6. The second-order valence-corrected chi connectivity index (χ2v) is 4.84. The van der Waals surface area contributed by atoms with Crippen LogP contribution in [0.2, 0.25) is 0 Å². The van der Waals surface area contributed by atoms with Crippen LogP contribution in [0.15, 0.2) is 0 Å². The second kappa shape index (κ2) is 5.72. The van der Waals surface area contributed by atoms with Crippen LogP contribution in [-0.4, -0.2) is 37.1 Å². The summed E-state index contributed by atoms with van der Waals surface area (Å²) in [5, 5.41) is 3.31. The number of piperidine rings is 1. The minimum atomic E-state index is 0.738. The highest BCUT2D eigenvalue weighted by Gasteiger charge is 2.27. The summed E-state index contributed by atoms with van der Waals surface area (Å²) in [6.45, 7) is 9.49. The van der Waals surface area contributed by atoms with E-state index in [1.165, 1.54) is 25.8 Å². The molecule has 1 fully saturated rings. The normalized spacial score (nSPS) is 31.7. The smallest absolute Gasteiger partial charge is 0.0220 e. The summed E-state index contributed by atoms with van der Waals surface area (Å²) >= 11 is 0. The molecular weight excluding hydrogens is 172 g/mol. The van der Waals surface area contributed by atoms with Gasteiger partial charge in [0.25, 0.3) is 0 Å². The number of nitrogens with zero attached hydrogens (tertiary/aromatic N) is 1. The molecule has 1 saturated heterocycles. The standard InChI is InChI=1S/C12H26N2/c1-5-12(9-13-4)14-7-6-10(2)8-11(14)3/h10-13H,5-9H2,1-4H3. The van der Waals surface area contributed by atoms with Gasteiger partial charge >= 0.3 is 0 Å². The van der Waals surface area contributed by atoms with Crippen LogP contribution in [0.25, 0.3) is 0 Å². The van der Waals surface area contributed by atoms with E-state index in [4.69, 9.17) is 0 Å². The van der Waals surface area contributed by atoms with Crippen LogP contribution in [0.5, 0.6) is 0 Å². The molecule has 0 amide bonds. The lowest BCUT2D eigenvalue weighted by Crippen LogP contribution is -2.49. The van der Waals surface area contributed by atoms with Crippen molar-refractivity contribution in [1.29, 1.82) is 0 Å². The molecule has 3 atom stereocenters. The molecule has 2 nitrogen and oxygen atoms in total. The van der Waals surface area contributed by atoms with Crippen molar-refractivity contribution in [1.82, 2.24) is 10.2 Å². The highest BCUT2D eigenvalue weighted by Crippen LogP contribution is 2.24. The Kier molecular flexibility index (Phi) is 4.90. The van der Waals surface area contributed by atoms with E-state index < -0.39 is 0 Å². The number of likely N-dealkylation sites (N-methyl/N-ethyl adjacent to an activating group) is 1. The van der Waals surface area contributed by atoms with Gasteiger partial charge in [-0.1, -0.05) is 13.8 Å². The first-order chi connectivity index (χ1) is 6.69. The molecule has 1 N–H and O–H groups in total. The van der Waals surface area contributed by atoms with Crippen LogP contribution in [0, 0.1) is 5.92 Å². The van der Waals surface area contributed by atoms with Crippen molar-refractivity contribution in [3.8, 4) is 0 Å². The summed E-state index contributed by atoms with van der Waals surface area (Å²) in [6.07, 6.45) is 4.02. The monoisotopic (exact) mass is 198 g/mol. The maximum atomic E-state index is 3.31. The average molecular weight is 198 g/mol. The Morgan fingerprint density at radius 2 is 2.14 bits per heavy atom. The number of rotatable bonds is 4. The van der Waals surface area contributed by atoms with Crippen LogP contribution in [-0.2, 0) is 0 Å². The SMILES string of the molecule is CCC(CNC)N1CCC(C)CC1C. The highest BCUT2D eigenvalue weighted by atomic mass is 15.2. The van der Waals surface area contributed by atoms with Crippen LogP contribution in [0.3, 0.4) is 0 Å². The Labute approximate surface area is 89.1 Å². The number of likely N-dealkylation sites (tertiary alicyclic amines) is 1. The van der Waals surface area contributed by atoms with E-state index in [1.54, 1.807) is 0 Å². The molecule has 1 aliphatic heterocycles. The maximum absolute atomic E-state index is 3.31. The lowest BCUT2D eigenvalue weighted by molar-refractivity contribution is 0.0798. The first-order valence-corrected chi connectivity index (χ1v) is 6.09. The van der Waals surface area contributed by atoms with E-state index in [0.717, 1.165) is 24.5 Å². The summed E-state index contributed by atoms with van der Waals surface area (Å²) in [7, 11) is 2.06. The molecule has 1 heterocycles. The van der Waals surface area contributed by atoms with Gasteiger partial charge < -0.3 is 5.32 Å². The molecule has 0 radical (unpaired) electrons. The van der Waals surface area contributed by atoms with Crippen molar-refractivity contribution in [3.63, 3.8) is 0 Å². The van der Waals surface area contributed by atoms with Crippen LogP contribution < -0.4 is 5.32 Å². The molecule has 0 bridgehead atoms. The zero-order valence-electron chi connectivity index (χ0n) is 10.2. The molecule has 1 rings (SSSR count). The highest BCUT2D eigenvalue weighted by molar-refractivity contribution is 4.82. The van der Waals surface area contributed by atoms with Gasteiger partial charge in [-0.3, -0.25) is 4.90 Å². The Bertz CT molecular complexity index is 158. The molecule has 84 valence electrons. The van der Waals surface area contributed by atoms with E-state index in [2.05, 4.69) is 38.0 Å². The van der Waals surface area contributed by atoms with Crippen LogP contribution in [0.4, 0.5) is 0 Å². The van der Waals surface area contributed by atoms with Gasteiger partial charge in [0.1, 0.15) is 0 Å². The van der Waals surface area contributed by atoms with E-state index in [9.17, 15) is 0 Å². The minimum Gasteiger partial charge on any atom is -0.318 e. The van der Waals surface area contributed by atoms with Gasteiger partial charge in [0.05, 0.1) is 0 Å². The third-order valence-electron chi connectivity index (χ3n) is 3.57. The number of nitrogens with one attached hydrogen (secondary N) is 1. The lowest BCUT2D eigenvalue weighted by Gasteiger charge is -2.41. The summed E-state index contributed by atoms with van der Waals surface area (Å²) in [6, 6.07) is 1.51. The molecule has 0 aromatic carbocycles. The fourth-order valence-corrected chi connectivity index (χ4v) is 2.70. The molecule has 0 saturated carbocycles. The van der Waals surface area contributed by atoms with Gasteiger partial charge in [0.15, 0.2) is 0 Å². The van der Waals surface area contributed by atoms with E-state index in [-0.39, 0.29) is 0 Å². The molecule has 0 aromatic rings. The molecule has 14 heavy (non-hydrogen) atoms. The van der Waals surface area contributed by atoms with E-state index in [0.29, 0.717) is 0 Å². The Balaban J connectivity index is 2.48. The van der Waals surface area contributed by atoms with Gasteiger partial charge in [0, 0.05) is 18.6 Å². The predicted molar refractivity (Wildman–Crippen MR) is 62.6 cm³/mol. The van der Waals surface area contributed by atoms with Gasteiger partial charge in [-0.15, -0.1) is 0 Å². The number of hydrogen-bond acceptors (Lipinski definition) is 2. The average Bonchev–Trinajstić information content (AvgIpc) is 2.15. The third-order valence-corrected chi connectivity index (χ3v) is 3.57. The van der Waals surface area contributed by atoms with Crippen molar-refractivity contribution in [2.75, 3.05) is 20.1 Å². The minimum absolute atomic E-state index is 0.738. The lowest BCUT2D eigenvalue weighted by atomic mass is 9.91. The largest absolute Gasteiger partial charge is 0.318 e. The first-order valence-electron chi connectivity index (χ1n) is 6.09. The van der Waals surface area contributed by atoms with Gasteiger partial charge in [-0.25, -0.2) is 0 Å². The van der Waals surface area contributed by atoms with Crippen molar-refractivity contribution in [2.45, 2.75) is 52.1 Å². The molecule has 0 aromatic heterocycles. The quantitative estimate of drug-likeness (QED) is 0.744. The zero-order valence-corrected chi connectivity index (χ0v) is 10.2. The molecule has 3 unspecified atom stereocenters. The van der Waals surface area contributed by atoms with Gasteiger partial charge in [-0.2, -0.15) is 0 Å². The Morgan fingerprint density at radius 3 is 2.64 bits per heavy atom. The van der Waals surface area contributed by atoms with Crippen molar-refractivity contribution >= 4 is 0 Å². The Hall–Kier alpha value is -0.0800. The van der Waals surface area contributed by atoms with Gasteiger partial charge in [-0.05, 0) is 45.7 Å². The van der Waals surface area contributed by atoms with Crippen molar-refractivity contribution in [3.05, 3.63) is 0 Å². The van der Waals surface area contributed by atoms with Crippen molar-refractivity contribution in [2.24, 2.45) is 5.92 Å². The number of hydrogen-bond donors (Lipinski definition) is 1.